The number of ether oxygens (including phenoxy) is 1. The highest BCUT2D eigenvalue weighted by atomic mass is 19.4. The maximum absolute atomic E-state index is 12.6. The largest absolute Gasteiger partial charge is 0.493 e. The highest BCUT2D eigenvalue weighted by Crippen LogP contribution is 2.33. The number of nitrogens with one attached hydrogen (secondary N) is 1. The predicted octanol–water partition coefficient (Wildman–Crippen LogP) is 3.48. The Labute approximate surface area is 115 Å². The van der Waals surface area contributed by atoms with E-state index in [0.717, 1.165) is 12.3 Å². The summed E-state index contributed by atoms with van der Waals surface area (Å²) in [6, 6.07) is 0.763. The molecule has 1 aromatic heterocycles. The molecule has 1 aromatic rings. The van der Waals surface area contributed by atoms with E-state index < -0.39 is 11.9 Å². The number of aromatic nitrogens is 1. The van der Waals surface area contributed by atoms with Crippen molar-refractivity contribution in [2.45, 2.75) is 33.4 Å². The normalized spacial score (nSPS) is 12.2. The van der Waals surface area contributed by atoms with Gasteiger partial charge in [0.25, 0.3) is 0 Å². The van der Waals surface area contributed by atoms with Gasteiger partial charge in [-0.1, -0.05) is 20.8 Å². The van der Waals surface area contributed by atoms with E-state index in [9.17, 15) is 18.0 Å². The van der Waals surface area contributed by atoms with Gasteiger partial charge in [0.1, 0.15) is 5.69 Å². The van der Waals surface area contributed by atoms with Gasteiger partial charge >= 0.3 is 6.18 Å². The molecule has 0 atom stereocenters. The molecule has 0 fully saturated rings. The summed E-state index contributed by atoms with van der Waals surface area (Å²) in [5, 5.41) is 2.43. The van der Waals surface area contributed by atoms with E-state index in [2.05, 4.69) is 10.3 Å². The lowest BCUT2D eigenvalue weighted by molar-refractivity contribution is -0.141. The lowest BCUT2D eigenvalue weighted by atomic mass is 9.92. The summed E-state index contributed by atoms with van der Waals surface area (Å²) in [5.41, 5.74) is -1.38. The molecule has 0 saturated carbocycles. The molecule has 1 N–H and O–H groups in total. The third-order valence-electron chi connectivity index (χ3n) is 2.34. The van der Waals surface area contributed by atoms with Gasteiger partial charge in [-0.3, -0.25) is 4.79 Å². The quantitative estimate of drug-likeness (QED) is 0.927. The zero-order valence-corrected chi connectivity index (χ0v) is 11.8. The number of amides is 1. The van der Waals surface area contributed by atoms with Gasteiger partial charge in [-0.25, -0.2) is 4.98 Å². The van der Waals surface area contributed by atoms with E-state index in [4.69, 9.17) is 4.74 Å². The summed E-state index contributed by atoms with van der Waals surface area (Å²) >= 11 is 0. The van der Waals surface area contributed by atoms with Crippen LogP contribution in [0.25, 0.3) is 0 Å². The third kappa shape index (κ3) is 4.71. The molecular formula is C13H17F3N2O2. The Morgan fingerprint density at radius 2 is 1.95 bits per heavy atom. The lowest BCUT2D eigenvalue weighted by Gasteiger charge is -2.18. The van der Waals surface area contributed by atoms with Gasteiger partial charge in [-0.15, -0.1) is 0 Å². The number of pyridine rings is 1. The van der Waals surface area contributed by atoms with Crippen molar-refractivity contribution in [1.29, 1.82) is 0 Å². The first-order valence-corrected chi connectivity index (χ1v) is 5.94. The molecule has 0 aliphatic heterocycles. The van der Waals surface area contributed by atoms with Crippen molar-refractivity contribution in [1.82, 2.24) is 4.98 Å². The molecule has 0 aliphatic rings. The number of carbonyl (C=O) groups is 1. The van der Waals surface area contributed by atoms with Crippen molar-refractivity contribution in [3.05, 3.63) is 18.0 Å². The molecule has 0 bridgehead atoms. The predicted molar refractivity (Wildman–Crippen MR) is 68.5 cm³/mol. The zero-order chi connectivity index (χ0) is 15.6. The van der Waals surface area contributed by atoms with E-state index in [-0.39, 0.29) is 29.2 Å². The van der Waals surface area contributed by atoms with Crippen LogP contribution >= 0.6 is 0 Å². The first kappa shape index (κ1) is 16.3. The molecule has 112 valence electrons. The second-order valence-corrected chi connectivity index (χ2v) is 5.55. The summed E-state index contributed by atoms with van der Waals surface area (Å²) in [4.78, 5) is 15.1. The minimum Gasteiger partial charge on any atom is -0.493 e. The number of anilines is 1. The van der Waals surface area contributed by atoms with Crippen LogP contribution in [0.1, 0.15) is 32.9 Å². The molecular weight excluding hydrogens is 273 g/mol. The zero-order valence-electron chi connectivity index (χ0n) is 11.8. The first-order valence-electron chi connectivity index (χ1n) is 5.94. The maximum atomic E-state index is 12.6. The SMILES string of the molecule is COc1cnc(C(F)(F)F)cc1NC(=O)CC(C)(C)C. The fourth-order valence-electron chi connectivity index (χ4n) is 1.53. The molecule has 20 heavy (non-hydrogen) atoms. The molecule has 4 nitrogen and oxygen atoms in total. The van der Waals surface area contributed by atoms with Gasteiger partial charge in [0.15, 0.2) is 5.75 Å². The Bertz CT molecular complexity index is 493. The van der Waals surface area contributed by atoms with E-state index in [1.54, 1.807) is 0 Å². The Morgan fingerprint density at radius 3 is 2.40 bits per heavy atom. The van der Waals surface area contributed by atoms with Gasteiger partial charge in [0, 0.05) is 6.42 Å². The van der Waals surface area contributed by atoms with Crippen LogP contribution in [0.3, 0.4) is 0 Å². The molecule has 0 aliphatic carbocycles. The van der Waals surface area contributed by atoms with Crippen LogP contribution in [0, 0.1) is 5.41 Å². The lowest BCUT2D eigenvalue weighted by Crippen LogP contribution is -2.20. The number of alkyl halides is 3. The molecule has 1 rings (SSSR count). The number of halogens is 3. The number of methoxy groups -OCH3 is 1. The summed E-state index contributed by atoms with van der Waals surface area (Å²) < 4.78 is 42.7. The molecule has 0 radical (unpaired) electrons. The van der Waals surface area contributed by atoms with Crippen LogP contribution in [-0.2, 0) is 11.0 Å². The average molecular weight is 290 g/mol. The Balaban J connectivity index is 3.00. The standard InChI is InChI=1S/C13H17F3N2O2/c1-12(2,3)6-11(19)18-8-5-10(13(14,15)16)17-7-9(8)20-4/h5,7H,6H2,1-4H3,(H,17,18,19). The molecule has 1 heterocycles. The third-order valence-corrected chi connectivity index (χ3v) is 2.34. The van der Waals surface area contributed by atoms with Crippen molar-refractivity contribution in [3.63, 3.8) is 0 Å². The van der Waals surface area contributed by atoms with Gasteiger partial charge in [-0.2, -0.15) is 13.2 Å². The van der Waals surface area contributed by atoms with Gasteiger partial charge in [0.2, 0.25) is 5.91 Å². The summed E-state index contributed by atoms with van der Waals surface area (Å²) in [7, 11) is 1.30. The van der Waals surface area contributed by atoms with Gasteiger partial charge < -0.3 is 10.1 Å². The molecule has 0 saturated heterocycles. The number of rotatable bonds is 3. The van der Waals surface area contributed by atoms with E-state index in [1.807, 2.05) is 20.8 Å². The molecule has 0 aromatic carbocycles. The molecule has 7 heteroatoms. The van der Waals surface area contributed by atoms with Crippen LogP contribution < -0.4 is 10.1 Å². The molecule has 0 spiro atoms. The summed E-state index contributed by atoms with van der Waals surface area (Å²) in [5.74, 6) is -0.296. The van der Waals surface area contributed by atoms with Crippen molar-refractivity contribution in [2.75, 3.05) is 12.4 Å². The van der Waals surface area contributed by atoms with Crippen LogP contribution in [0.2, 0.25) is 0 Å². The highest BCUT2D eigenvalue weighted by molar-refractivity contribution is 5.92. The summed E-state index contributed by atoms with van der Waals surface area (Å²) in [6.07, 6.45) is -3.45. The van der Waals surface area contributed by atoms with Crippen molar-refractivity contribution >= 4 is 11.6 Å². The van der Waals surface area contributed by atoms with E-state index in [0.29, 0.717) is 0 Å². The number of hydrogen-bond acceptors (Lipinski definition) is 3. The van der Waals surface area contributed by atoms with Crippen molar-refractivity contribution in [2.24, 2.45) is 5.41 Å². The smallest absolute Gasteiger partial charge is 0.433 e. The van der Waals surface area contributed by atoms with Crippen LogP contribution in [0.15, 0.2) is 12.3 Å². The van der Waals surface area contributed by atoms with E-state index >= 15 is 0 Å². The number of carbonyl (C=O) groups excluding carboxylic acids is 1. The van der Waals surface area contributed by atoms with Crippen molar-refractivity contribution < 1.29 is 22.7 Å². The highest BCUT2D eigenvalue weighted by Gasteiger charge is 2.33. The first-order chi connectivity index (χ1) is 9.03. The Hall–Kier alpha value is -1.79. The van der Waals surface area contributed by atoms with Gasteiger partial charge in [0.05, 0.1) is 19.0 Å². The molecule has 1 amide bonds. The average Bonchev–Trinajstić information content (AvgIpc) is 2.24. The Kier molecular flexibility index (Phi) is 4.62. The van der Waals surface area contributed by atoms with Crippen LogP contribution in [-0.4, -0.2) is 18.0 Å². The number of nitrogens with zero attached hydrogens (tertiary/aromatic N) is 1. The Morgan fingerprint density at radius 1 is 1.35 bits per heavy atom. The van der Waals surface area contributed by atoms with Crippen LogP contribution in [0.4, 0.5) is 18.9 Å². The van der Waals surface area contributed by atoms with Gasteiger partial charge in [-0.05, 0) is 11.5 Å². The minimum absolute atomic E-state index is 0.0379. The van der Waals surface area contributed by atoms with Crippen LogP contribution in [0.5, 0.6) is 5.75 Å². The second kappa shape index (κ2) is 5.68. The van der Waals surface area contributed by atoms with Crippen molar-refractivity contribution in [3.8, 4) is 5.75 Å². The number of hydrogen-bond donors (Lipinski definition) is 1. The molecule has 0 unspecified atom stereocenters. The second-order valence-electron chi connectivity index (χ2n) is 5.55. The fraction of sp³-hybridized carbons (Fsp3) is 0.538. The fourth-order valence-corrected chi connectivity index (χ4v) is 1.53. The topological polar surface area (TPSA) is 51.2 Å². The monoisotopic (exact) mass is 290 g/mol. The minimum atomic E-state index is -4.57. The maximum Gasteiger partial charge on any atom is 0.433 e. The summed E-state index contributed by atoms with van der Waals surface area (Å²) in [6.45, 7) is 5.58. The van der Waals surface area contributed by atoms with E-state index in [1.165, 1.54) is 7.11 Å².